The Labute approximate surface area is 99.0 Å². The molecule has 1 rings (SSSR count). The summed E-state index contributed by atoms with van der Waals surface area (Å²) in [5, 5.41) is 8.85. The van der Waals surface area contributed by atoms with E-state index >= 15 is 0 Å². The van der Waals surface area contributed by atoms with Crippen molar-refractivity contribution in [3.63, 3.8) is 0 Å². The van der Waals surface area contributed by atoms with Crippen LogP contribution in [0.15, 0.2) is 18.2 Å². The zero-order valence-corrected chi connectivity index (χ0v) is 10.2. The van der Waals surface area contributed by atoms with Crippen LogP contribution in [0.2, 0.25) is 0 Å². The van der Waals surface area contributed by atoms with Gasteiger partial charge in [-0.2, -0.15) is 0 Å². The molecule has 0 aromatic heterocycles. The van der Waals surface area contributed by atoms with Gasteiger partial charge in [-0.15, -0.1) is 0 Å². The molecule has 0 atom stereocenters. The van der Waals surface area contributed by atoms with Crippen molar-refractivity contribution in [2.24, 2.45) is 0 Å². The number of hydrogen-bond donors (Lipinski definition) is 1. The highest BCUT2D eigenvalue weighted by atomic mass is 32.2. The molecule has 92 valence electrons. The zero-order chi connectivity index (χ0) is 13.2. The number of rotatable bonds is 4. The Morgan fingerprint density at radius 1 is 1.18 bits per heavy atom. The summed E-state index contributed by atoms with van der Waals surface area (Å²) in [6.45, 7) is 1.30. The number of hydrogen-bond acceptors (Lipinski definition) is 4. The Balaban J connectivity index is 3.31. The standard InChI is InChI=1S/C11H12O5S/c1-7(12)9-3-8(6-17(2,15)16)4-10(5-9)11(13)14/h3-5H,6H2,1-2H3,(H,13,14). The number of benzene rings is 1. The van der Waals surface area contributed by atoms with Gasteiger partial charge in [0.25, 0.3) is 0 Å². The van der Waals surface area contributed by atoms with Gasteiger partial charge in [-0.1, -0.05) is 0 Å². The summed E-state index contributed by atoms with van der Waals surface area (Å²) in [7, 11) is -3.27. The zero-order valence-electron chi connectivity index (χ0n) is 9.43. The molecular formula is C11H12O5S. The van der Waals surface area contributed by atoms with Crippen molar-refractivity contribution in [2.75, 3.05) is 6.26 Å². The van der Waals surface area contributed by atoms with E-state index in [4.69, 9.17) is 5.11 Å². The van der Waals surface area contributed by atoms with Crippen molar-refractivity contribution in [1.29, 1.82) is 0 Å². The van der Waals surface area contributed by atoms with E-state index < -0.39 is 15.8 Å². The highest BCUT2D eigenvalue weighted by molar-refractivity contribution is 7.89. The lowest BCUT2D eigenvalue weighted by atomic mass is 10.0. The van der Waals surface area contributed by atoms with Crippen molar-refractivity contribution in [2.45, 2.75) is 12.7 Å². The van der Waals surface area contributed by atoms with E-state index in [1.807, 2.05) is 0 Å². The third-order valence-electron chi connectivity index (χ3n) is 2.08. The van der Waals surface area contributed by atoms with E-state index in [1.54, 1.807) is 0 Å². The average molecular weight is 256 g/mol. The number of Topliss-reactive ketones (excluding diaryl/α,β-unsaturated/α-hetero) is 1. The third-order valence-corrected chi connectivity index (χ3v) is 2.93. The molecule has 0 fully saturated rings. The summed E-state index contributed by atoms with van der Waals surface area (Å²) in [4.78, 5) is 22.0. The van der Waals surface area contributed by atoms with Gasteiger partial charge in [-0.25, -0.2) is 13.2 Å². The quantitative estimate of drug-likeness (QED) is 0.816. The Kier molecular flexibility index (Phi) is 3.67. The van der Waals surface area contributed by atoms with Gasteiger partial charge in [0.2, 0.25) is 0 Å². The van der Waals surface area contributed by atoms with Crippen LogP contribution in [-0.4, -0.2) is 31.5 Å². The highest BCUT2D eigenvalue weighted by Crippen LogP contribution is 2.14. The molecule has 0 bridgehead atoms. The summed E-state index contributed by atoms with van der Waals surface area (Å²) in [6, 6.07) is 3.89. The molecule has 6 heteroatoms. The molecule has 0 saturated heterocycles. The van der Waals surface area contributed by atoms with Crippen molar-refractivity contribution in [1.82, 2.24) is 0 Å². The van der Waals surface area contributed by atoms with Crippen LogP contribution in [0.5, 0.6) is 0 Å². The SMILES string of the molecule is CC(=O)c1cc(CS(C)(=O)=O)cc(C(=O)O)c1. The Morgan fingerprint density at radius 2 is 1.71 bits per heavy atom. The predicted octanol–water partition coefficient (Wildman–Crippen LogP) is 1.13. The number of ketones is 1. The lowest BCUT2D eigenvalue weighted by Crippen LogP contribution is -2.06. The topological polar surface area (TPSA) is 88.5 Å². The molecule has 0 heterocycles. The smallest absolute Gasteiger partial charge is 0.335 e. The fourth-order valence-corrected chi connectivity index (χ4v) is 2.18. The second kappa shape index (κ2) is 4.67. The molecule has 1 N–H and O–H groups in total. The van der Waals surface area contributed by atoms with Gasteiger partial charge in [0.1, 0.15) is 0 Å². The van der Waals surface area contributed by atoms with Gasteiger partial charge in [-0.3, -0.25) is 4.79 Å². The first-order valence-electron chi connectivity index (χ1n) is 4.75. The van der Waals surface area contributed by atoms with Crippen LogP contribution in [-0.2, 0) is 15.6 Å². The molecule has 0 spiro atoms. The second-order valence-electron chi connectivity index (χ2n) is 3.85. The van der Waals surface area contributed by atoms with E-state index in [1.165, 1.54) is 25.1 Å². The van der Waals surface area contributed by atoms with E-state index in [9.17, 15) is 18.0 Å². The highest BCUT2D eigenvalue weighted by Gasteiger charge is 2.12. The molecule has 5 nitrogen and oxygen atoms in total. The Hall–Kier alpha value is -1.69. The Bertz CT molecular complexity index is 539. The monoisotopic (exact) mass is 256 g/mol. The third kappa shape index (κ3) is 3.99. The lowest BCUT2D eigenvalue weighted by molar-refractivity contribution is 0.0696. The van der Waals surface area contributed by atoms with Crippen LogP contribution in [0.25, 0.3) is 0 Å². The van der Waals surface area contributed by atoms with Crippen molar-refractivity contribution < 1.29 is 23.1 Å². The van der Waals surface area contributed by atoms with Gasteiger partial charge in [0.15, 0.2) is 15.6 Å². The summed E-state index contributed by atoms with van der Waals surface area (Å²) in [5.41, 5.74) is 0.414. The normalized spacial score (nSPS) is 11.2. The largest absolute Gasteiger partial charge is 0.478 e. The maximum Gasteiger partial charge on any atom is 0.335 e. The number of carboxylic acid groups (broad SMARTS) is 1. The number of sulfone groups is 1. The van der Waals surface area contributed by atoms with Crippen LogP contribution in [0, 0.1) is 0 Å². The number of aromatic carboxylic acids is 1. The number of carboxylic acids is 1. The van der Waals surface area contributed by atoms with Crippen LogP contribution in [0.3, 0.4) is 0 Å². The maximum atomic E-state index is 11.2. The molecule has 0 amide bonds. The molecule has 17 heavy (non-hydrogen) atoms. The first kappa shape index (κ1) is 13.4. The molecule has 1 aromatic carbocycles. The molecular weight excluding hydrogens is 244 g/mol. The van der Waals surface area contributed by atoms with Gasteiger partial charge < -0.3 is 5.11 Å². The van der Waals surface area contributed by atoms with E-state index in [2.05, 4.69) is 0 Å². The molecule has 0 aliphatic rings. The fourth-order valence-electron chi connectivity index (χ4n) is 1.40. The first-order valence-corrected chi connectivity index (χ1v) is 6.81. The van der Waals surface area contributed by atoms with Crippen LogP contribution >= 0.6 is 0 Å². The van der Waals surface area contributed by atoms with Crippen molar-refractivity contribution >= 4 is 21.6 Å². The molecule has 0 aliphatic heterocycles. The summed E-state index contributed by atoms with van der Waals surface area (Å²) >= 11 is 0. The molecule has 0 aliphatic carbocycles. The fraction of sp³-hybridized carbons (Fsp3) is 0.273. The van der Waals surface area contributed by atoms with Crippen molar-refractivity contribution in [3.05, 3.63) is 34.9 Å². The molecule has 0 radical (unpaired) electrons. The first-order chi connectivity index (χ1) is 7.69. The van der Waals surface area contributed by atoms with E-state index in [0.29, 0.717) is 5.56 Å². The lowest BCUT2D eigenvalue weighted by Gasteiger charge is -2.04. The van der Waals surface area contributed by atoms with Gasteiger partial charge in [0, 0.05) is 11.8 Å². The van der Waals surface area contributed by atoms with Crippen LogP contribution < -0.4 is 0 Å². The minimum atomic E-state index is -3.27. The van der Waals surface area contributed by atoms with E-state index in [-0.39, 0.29) is 22.7 Å². The Morgan fingerprint density at radius 3 is 2.12 bits per heavy atom. The van der Waals surface area contributed by atoms with Crippen molar-refractivity contribution in [3.8, 4) is 0 Å². The molecule has 1 aromatic rings. The minimum absolute atomic E-state index is 0.0867. The van der Waals surface area contributed by atoms with Crippen LogP contribution in [0.1, 0.15) is 33.2 Å². The molecule has 0 saturated carbocycles. The van der Waals surface area contributed by atoms with Gasteiger partial charge in [-0.05, 0) is 30.7 Å². The minimum Gasteiger partial charge on any atom is -0.478 e. The van der Waals surface area contributed by atoms with Gasteiger partial charge >= 0.3 is 5.97 Å². The van der Waals surface area contributed by atoms with E-state index in [0.717, 1.165) is 6.26 Å². The second-order valence-corrected chi connectivity index (χ2v) is 5.99. The summed E-state index contributed by atoms with van der Waals surface area (Å²) in [6.07, 6.45) is 1.05. The summed E-state index contributed by atoms with van der Waals surface area (Å²) < 4.78 is 22.3. The van der Waals surface area contributed by atoms with Gasteiger partial charge in [0.05, 0.1) is 11.3 Å². The number of carbonyl (C=O) groups excluding carboxylic acids is 1. The number of carbonyl (C=O) groups is 2. The average Bonchev–Trinajstić information content (AvgIpc) is 2.14. The summed E-state index contributed by atoms with van der Waals surface area (Å²) in [5.74, 6) is -1.78. The maximum absolute atomic E-state index is 11.2. The predicted molar refractivity (Wildman–Crippen MR) is 62.0 cm³/mol. The molecule has 0 unspecified atom stereocenters. The van der Waals surface area contributed by atoms with Crippen LogP contribution in [0.4, 0.5) is 0 Å².